The van der Waals surface area contributed by atoms with E-state index in [2.05, 4.69) is 16.0 Å². The zero-order valence-corrected chi connectivity index (χ0v) is 18.3. The molecule has 4 aliphatic rings. The summed E-state index contributed by atoms with van der Waals surface area (Å²) in [5, 5.41) is 8.48. The second-order valence-electron chi connectivity index (χ2n) is 8.62. The average molecular weight is 476 g/mol. The van der Waals surface area contributed by atoms with E-state index in [-0.39, 0.29) is 53.1 Å². The molecule has 1 saturated heterocycles. The summed E-state index contributed by atoms with van der Waals surface area (Å²) < 4.78 is 33.0. The highest BCUT2D eigenvalue weighted by Gasteiger charge is 2.47. The number of ether oxygens (including phenoxy) is 1. The van der Waals surface area contributed by atoms with Crippen LogP contribution in [-0.2, 0) is 9.59 Å². The van der Waals surface area contributed by atoms with Crippen molar-refractivity contribution in [3.8, 4) is 5.75 Å². The molecule has 0 radical (unpaired) electrons. The third-order valence-electron chi connectivity index (χ3n) is 6.48. The minimum atomic E-state index is -1.32. The SMILES string of the molecule is O=C(COc1ccc(Cl)c(F)c1)N[C@@H]1C[C@H](NC(=O)C2NCC(Cl)CC2F)C2CC1C2. The highest BCUT2D eigenvalue weighted by molar-refractivity contribution is 6.30. The maximum absolute atomic E-state index is 14.2. The lowest BCUT2D eigenvalue weighted by atomic mass is 9.60. The molecule has 1 aliphatic heterocycles. The molecule has 170 valence electrons. The summed E-state index contributed by atoms with van der Waals surface area (Å²) in [5.41, 5.74) is 0. The Morgan fingerprint density at radius 1 is 1.13 bits per heavy atom. The third-order valence-corrected chi connectivity index (χ3v) is 7.12. The molecule has 2 amide bonds. The Morgan fingerprint density at radius 2 is 1.84 bits per heavy atom. The Balaban J connectivity index is 1.26. The molecule has 1 aromatic carbocycles. The van der Waals surface area contributed by atoms with Gasteiger partial charge in [-0.1, -0.05) is 11.6 Å². The molecule has 1 aromatic rings. The van der Waals surface area contributed by atoms with E-state index in [1.54, 1.807) is 0 Å². The third kappa shape index (κ3) is 5.23. The molecule has 0 aromatic heterocycles. The number of carbonyl (C=O) groups is 2. The van der Waals surface area contributed by atoms with Gasteiger partial charge >= 0.3 is 0 Å². The lowest BCUT2D eigenvalue weighted by Crippen LogP contribution is -2.63. The van der Waals surface area contributed by atoms with Crippen LogP contribution in [0.4, 0.5) is 8.78 Å². The summed E-state index contributed by atoms with van der Waals surface area (Å²) in [7, 11) is 0. The van der Waals surface area contributed by atoms with Crippen LogP contribution < -0.4 is 20.7 Å². The monoisotopic (exact) mass is 475 g/mol. The van der Waals surface area contributed by atoms with Crippen LogP contribution >= 0.6 is 23.2 Å². The molecule has 1 heterocycles. The fourth-order valence-corrected chi connectivity index (χ4v) is 5.09. The maximum atomic E-state index is 14.2. The Morgan fingerprint density at radius 3 is 2.52 bits per heavy atom. The first-order valence-electron chi connectivity index (χ1n) is 10.5. The molecule has 6 nitrogen and oxygen atoms in total. The standard InChI is InChI=1S/C21H25Cl2F2N3O3/c22-12-5-16(25)20(26-8-12)21(30)28-18-7-17(10-3-11(18)4-10)27-19(29)9-31-13-1-2-14(23)15(24)6-13/h1-2,6,10-12,16-18,20,26H,3-5,7-9H2,(H,27,29)(H,28,30)/t10?,11?,12?,16?,17-,18+,20?/m1/s1. The van der Waals surface area contributed by atoms with Gasteiger partial charge in [-0.25, -0.2) is 8.78 Å². The lowest BCUT2D eigenvalue weighted by molar-refractivity contribution is -0.128. The van der Waals surface area contributed by atoms with Gasteiger partial charge < -0.3 is 20.7 Å². The number of alkyl halides is 2. The molecule has 2 bridgehead atoms. The largest absolute Gasteiger partial charge is 0.484 e. The minimum absolute atomic E-state index is 0.0170. The summed E-state index contributed by atoms with van der Waals surface area (Å²) in [4.78, 5) is 24.9. The van der Waals surface area contributed by atoms with Crippen LogP contribution in [0.3, 0.4) is 0 Å². The maximum Gasteiger partial charge on any atom is 0.258 e. The number of nitrogens with one attached hydrogen (secondary N) is 3. The van der Waals surface area contributed by atoms with E-state index < -0.39 is 18.0 Å². The second kappa shape index (κ2) is 9.46. The zero-order chi connectivity index (χ0) is 22.1. The van der Waals surface area contributed by atoms with Gasteiger partial charge in [0.25, 0.3) is 5.91 Å². The second-order valence-corrected chi connectivity index (χ2v) is 9.64. The van der Waals surface area contributed by atoms with E-state index >= 15 is 0 Å². The van der Waals surface area contributed by atoms with Gasteiger partial charge in [-0.05, 0) is 49.7 Å². The van der Waals surface area contributed by atoms with Crippen LogP contribution in [0.5, 0.6) is 5.75 Å². The summed E-state index contributed by atoms with van der Waals surface area (Å²) >= 11 is 11.6. The van der Waals surface area contributed by atoms with Gasteiger partial charge in [0.15, 0.2) is 6.61 Å². The van der Waals surface area contributed by atoms with Crippen molar-refractivity contribution in [2.24, 2.45) is 11.8 Å². The molecule has 3 unspecified atom stereocenters. The normalized spacial score (nSPS) is 34.4. The summed E-state index contributed by atoms with van der Waals surface area (Å²) in [5.74, 6) is -0.372. The average Bonchev–Trinajstić information content (AvgIpc) is 2.67. The molecular weight excluding hydrogens is 451 g/mol. The topological polar surface area (TPSA) is 79.5 Å². The van der Waals surface area contributed by atoms with Crippen LogP contribution in [0, 0.1) is 17.7 Å². The summed E-state index contributed by atoms with van der Waals surface area (Å²) in [6.45, 7) is 0.145. The van der Waals surface area contributed by atoms with Crippen LogP contribution in [0.1, 0.15) is 25.7 Å². The predicted molar refractivity (Wildman–Crippen MR) is 113 cm³/mol. The fourth-order valence-electron chi connectivity index (χ4n) is 4.72. The molecule has 0 spiro atoms. The van der Waals surface area contributed by atoms with Crippen LogP contribution in [0.15, 0.2) is 18.2 Å². The Hall–Kier alpha value is -1.64. The van der Waals surface area contributed by atoms with E-state index in [1.165, 1.54) is 12.1 Å². The zero-order valence-electron chi connectivity index (χ0n) is 16.8. The fraction of sp³-hybridized carbons (Fsp3) is 0.619. The smallest absolute Gasteiger partial charge is 0.258 e. The molecule has 31 heavy (non-hydrogen) atoms. The number of piperidine rings is 1. The number of benzene rings is 1. The molecule has 3 saturated carbocycles. The van der Waals surface area contributed by atoms with Crippen molar-refractivity contribution in [1.82, 2.24) is 16.0 Å². The molecule has 5 atom stereocenters. The van der Waals surface area contributed by atoms with Crippen molar-refractivity contribution in [2.45, 2.75) is 55.4 Å². The number of halogens is 4. The van der Waals surface area contributed by atoms with E-state index in [4.69, 9.17) is 27.9 Å². The molecule has 4 fully saturated rings. The number of amides is 2. The summed E-state index contributed by atoms with van der Waals surface area (Å²) in [6.07, 6.45) is 1.22. The van der Waals surface area contributed by atoms with Gasteiger partial charge in [-0.15, -0.1) is 11.6 Å². The van der Waals surface area contributed by atoms with Gasteiger partial charge in [0.05, 0.1) is 5.02 Å². The van der Waals surface area contributed by atoms with Gasteiger partial charge in [-0.2, -0.15) is 0 Å². The predicted octanol–water partition coefficient (Wildman–Crippen LogP) is 2.56. The quantitative estimate of drug-likeness (QED) is 0.552. The van der Waals surface area contributed by atoms with Crippen molar-refractivity contribution < 1.29 is 23.1 Å². The molecule has 10 heteroatoms. The van der Waals surface area contributed by atoms with Crippen molar-refractivity contribution in [2.75, 3.05) is 13.2 Å². The Labute approximate surface area is 189 Å². The number of fused-ring (bicyclic) bond motifs is 2. The first kappa shape index (κ1) is 22.6. The van der Waals surface area contributed by atoms with Crippen LogP contribution in [0.2, 0.25) is 5.02 Å². The van der Waals surface area contributed by atoms with Gasteiger partial charge in [0.1, 0.15) is 23.8 Å². The molecule has 3 N–H and O–H groups in total. The lowest BCUT2D eigenvalue weighted by Gasteiger charge is -2.51. The van der Waals surface area contributed by atoms with E-state index in [9.17, 15) is 18.4 Å². The van der Waals surface area contributed by atoms with Crippen molar-refractivity contribution in [3.63, 3.8) is 0 Å². The van der Waals surface area contributed by atoms with E-state index in [1.807, 2.05) is 0 Å². The number of rotatable bonds is 6. The van der Waals surface area contributed by atoms with Crippen LogP contribution in [0.25, 0.3) is 0 Å². The molecular formula is C21H25Cl2F2N3O3. The molecule has 5 rings (SSSR count). The van der Waals surface area contributed by atoms with Crippen molar-refractivity contribution in [3.05, 3.63) is 29.0 Å². The van der Waals surface area contributed by atoms with Gasteiger partial charge in [0, 0.05) is 30.1 Å². The minimum Gasteiger partial charge on any atom is -0.484 e. The highest BCUT2D eigenvalue weighted by Crippen LogP contribution is 2.45. The number of carbonyl (C=O) groups excluding carboxylic acids is 2. The first-order valence-corrected chi connectivity index (χ1v) is 11.3. The Kier molecular flexibility index (Phi) is 6.89. The van der Waals surface area contributed by atoms with Gasteiger partial charge in [-0.3, -0.25) is 9.59 Å². The highest BCUT2D eigenvalue weighted by atomic mass is 35.5. The van der Waals surface area contributed by atoms with Gasteiger partial charge in [0.2, 0.25) is 5.91 Å². The summed E-state index contributed by atoms with van der Waals surface area (Å²) in [6, 6.07) is 2.88. The van der Waals surface area contributed by atoms with Crippen molar-refractivity contribution >= 4 is 35.0 Å². The molecule has 3 aliphatic carbocycles. The number of hydrogen-bond acceptors (Lipinski definition) is 4. The van der Waals surface area contributed by atoms with Crippen molar-refractivity contribution in [1.29, 1.82) is 0 Å². The number of hydrogen-bond donors (Lipinski definition) is 3. The first-order chi connectivity index (χ1) is 14.8. The van der Waals surface area contributed by atoms with E-state index in [0.717, 1.165) is 18.9 Å². The Bertz CT molecular complexity index is 840. The van der Waals surface area contributed by atoms with E-state index in [0.29, 0.717) is 24.8 Å². The van der Waals surface area contributed by atoms with Crippen LogP contribution in [-0.4, -0.2) is 54.6 Å².